The smallest absolute Gasteiger partial charge is 0.323 e. The van der Waals surface area contributed by atoms with Gasteiger partial charge < -0.3 is 19.8 Å². The van der Waals surface area contributed by atoms with Gasteiger partial charge in [-0.1, -0.05) is 18.0 Å². The van der Waals surface area contributed by atoms with Crippen LogP contribution in [0.4, 0.5) is 4.79 Å². The summed E-state index contributed by atoms with van der Waals surface area (Å²) in [5.41, 5.74) is 0. The standard InChI is InChI=1S/C13H20N4O4/c1-9-15-11(21-16-9)6-7-14-13(20)17(8-12(18)19)10-4-2-3-5-10/h10H,2-8H2,1H3,(H,14,20)(H,18,19). The van der Waals surface area contributed by atoms with Gasteiger partial charge in [0.15, 0.2) is 5.82 Å². The second-order valence-electron chi connectivity index (χ2n) is 5.18. The molecule has 8 heteroatoms. The van der Waals surface area contributed by atoms with Gasteiger partial charge in [0, 0.05) is 19.0 Å². The van der Waals surface area contributed by atoms with E-state index in [2.05, 4.69) is 15.5 Å². The number of aliphatic carboxylic acids is 1. The van der Waals surface area contributed by atoms with Gasteiger partial charge >= 0.3 is 12.0 Å². The molecule has 1 aliphatic carbocycles. The summed E-state index contributed by atoms with van der Waals surface area (Å²) in [5.74, 6) is 0.0119. The molecule has 8 nitrogen and oxygen atoms in total. The Morgan fingerprint density at radius 1 is 1.43 bits per heavy atom. The highest BCUT2D eigenvalue weighted by molar-refractivity contribution is 5.80. The van der Waals surface area contributed by atoms with Gasteiger partial charge in [0.2, 0.25) is 5.89 Å². The number of carboxylic acids is 1. The number of amides is 2. The molecule has 2 N–H and O–H groups in total. The summed E-state index contributed by atoms with van der Waals surface area (Å²) in [7, 11) is 0. The number of aryl methyl sites for hydroxylation is 1. The van der Waals surface area contributed by atoms with Crippen LogP contribution >= 0.6 is 0 Å². The first-order chi connectivity index (χ1) is 10.1. The Hall–Kier alpha value is -2.12. The predicted molar refractivity (Wildman–Crippen MR) is 72.7 cm³/mol. The largest absolute Gasteiger partial charge is 0.480 e. The van der Waals surface area contributed by atoms with E-state index in [1.165, 1.54) is 4.90 Å². The Kier molecular flexibility index (Phi) is 5.13. The van der Waals surface area contributed by atoms with Crippen molar-refractivity contribution in [1.82, 2.24) is 20.4 Å². The van der Waals surface area contributed by atoms with E-state index >= 15 is 0 Å². The van der Waals surface area contributed by atoms with Crippen LogP contribution in [0.25, 0.3) is 0 Å². The van der Waals surface area contributed by atoms with Crippen LogP contribution in [0.3, 0.4) is 0 Å². The predicted octanol–water partition coefficient (Wildman–Crippen LogP) is 0.959. The monoisotopic (exact) mass is 296 g/mol. The van der Waals surface area contributed by atoms with Crippen LogP contribution in [-0.4, -0.2) is 51.3 Å². The van der Waals surface area contributed by atoms with Crippen LogP contribution in [0.5, 0.6) is 0 Å². The summed E-state index contributed by atoms with van der Waals surface area (Å²) in [5, 5.41) is 15.3. The van der Waals surface area contributed by atoms with E-state index in [-0.39, 0.29) is 18.6 Å². The molecule has 1 aromatic heterocycles. The van der Waals surface area contributed by atoms with Gasteiger partial charge in [0.05, 0.1) is 0 Å². The zero-order valence-corrected chi connectivity index (χ0v) is 12.0. The van der Waals surface area contributed by atoms with E-state index < -0.39 is 5.97 Å². The number of urea groups is 1. The fourth-order valence-corrected chi connectivity index (χ4v) is 2.55. The summed E-state index contributed by atoms with van der Waals surface area (Å²) in [6, 6.07) is -0.327. The number of rotatable bonds is 6. The summed E-state index contributed by atoms with van der Waals surface area (Å²) in [6.45, 7) is 1.79. The van der Waals surface area contributed by atoms with Crippen molar-refractivity contribution in [2.45, 2.75) is 45.1 Å². The molecule has 0 unspecified atom stereocenters. The fraction of sp³-hybridized carbons (Fsp3) is 0.692. The minimum absolute atomic E-state index is 0.0201. The molecule has 0 spiro atoms. The second-order valence-corrected chi connectivity index (χ2v) is 5.18. The number of nitrogens with one attached hydrogen (secondary N) is 1. The number of carboxylic acid groups (broad SMARTS) is 1. The summed E-state index contributed by atoms with van der Waals surface area (Å²) in [4.78, 5) is 28.5. The molecule has 0 atom stereocenters. The zero-order valence-electron chi connectivity index (χ0n) is 12.0. The highest BCUT2D eigenvalue weighted by Gasteiger charge is 2.28. The summed E-state index contributed by atoms with van der Waals surface area (Å²) >= 11 is 0. The molecule has 0 saturated heterocycles. The van der Waals surface area contributed by atoms with Crippen molar-refractivity contribution in [3.63, 3.8) is 0 Å². The molecule has 0 aromatic carbocycles. The first kappa shape index (κ1) is 15.3. The quantitative estimate of drug-likeness (QED) is 0.809. The van der Waals surface area contributed by atoms with Gasteiger partial charge in [-0.25, -0.2) is 4.79 Å². The highest BCUT2D eigenvalue weighted by Crippen LogP contribution is 2.23. The lowest BCUT2D eigenvalue weighted by molar-refractivity contribution is -0.138. The van der Waals surface area contributed by atoms with Gasteiger partial charge in [-0.05, 0) is 19.8 Å². The van der Waals surface area contributed by atoms with E-state index in [1.807, 2.05) is 0 Å². The molecule has 0 radical (unpaired) electrons. The molecular weight excluding hydrogens is 276 g/mol. The molecule has 1 saturated carbocycles. The van der Waals surface area contributed by atoms with Gasteiger partial charge in [-0.2, -0.15) is 4.98 Å². The van der Waals surface area contributed by atoms with E-state index in [0.29, 0.717) is 24.7 Å². The maximum Gasteiger partial charge on any atom is 0.323 e. The molecule has 1 aromatic rings. The maximum absolute atomic E-state index is 12.1. The zero-order chi connectivity index (χ0) is 15.2. The second kappa shape index (κ2) is 7.05. The molecule has 1 fully saturated rings. The van der Waals surface area contributed by atoms with Crippen molar-refractivity contribution in [3.05, 3.63) is 11.7 Å². The average molecular weight is 296 g/mol. The number of hydrogen-bond acceptors (Lipinski definition) is 5. The Balaban J connectivity index is 1.84. The summed E-state index contributed by atoms with van der Waals surface area (Å²) < 4.78 is 4.95. The van der Waals surface area contributed by atoms with Crippen LogP contribution in [0.2, 0.25) is 0 Å². The molecule has 2 amide bonds. The molecule has 21 heavy (non-hydrogen) atoms. The fourth-order valence-electron chi connectivity index (χ4n) is 2.55. The van der Waals surface area contributed by atoms with E-state index in [1.54, 1.807) is 6.92 Å². The topological polar surface area (TPSA) is 109 Å². The van der Waals surface area contributed by atoms with Crippen molar-refractivity contribution < 1.29 is 19.2 Å². The molecule has 1 heterocycles. The van der Waals surface area contributed by atoms with Crippen LogP contribution in [0.15, 0.2) is 4.52 Å². The SMILES string of the molecule is Cc1noc(CCNC(=O)N(CC(=O)O)C2CCCC2)n1. The third kappa shape index (κ3) is 4.44. The molecule has 0 bridgehead atoms. The molecule has 1 aliphatic rings. The minimum atomic E-state index is -0.996. The van der Waals surface area contributed by atoms with Crippen molar-refractivity contribution in [3.8, 4) is 0 Å². The first-order valence-corrected chi connectivity index (χ1v) is 7.11. The Morgan fingerprint density at radius 2 is 2.14 bits per heavy atom. The maximum atomic E-state index is 12.1. The van der Waals surface area contributed by atoms with Gasteiger partial charge in [-0.15, -0.1) is 0 Å². The minimum Gasteiger partial charge on any atom is -0.480 e. The third-order valence-electron chi connectivity index (χ3n) is 3.52. The molecule has 2 rings (SSSR count). The summed E-state index contributed by atoms with van der Waals surface area (Å²) in [6.07, 6.45) is 4.23. The number of aromatic nitrogens is 2. The van der Waals surface area contributed by atoms with E-state index in [0.717, 1.165) is 25.7 Å². The van der Waals surface area contributed by atoms with E-state index in [4.69, 9.17) is 9.63 Å². The lowest BCUT2D eigenvalue weighted by Crippen LogP contribution is -2.48. The van der Waals surface area contributed by atoms with Crippen LogP contribution in [0.1, 0.15) is 37.4 Å². The van der Waals surface area contributed by atoms with Gasteiger partial charge in [0.1, 0.15) is 6.54 Å². The number of nitrogens with zero attached hydrogens (tertiary/aromatic N) is 3. The highest BCUT2D eigenvalue weighted by atomic mass is 16.5. The van der Waals surface area contributed by atoms with Crippen LogP contribution < -0.4 is 5.32 Å². The van der Waals surface area contributed by atoms with Crippen molar-refractivity contribution in [2.75, 3.05) is 13.1 Å². The number of hydrogen-bond donors (Lipinski definition) is 2. The third-order valence-corrected chi connectivity index (χ3v) is 3.52. The number of carbonyl (C=O) groups excluding carboxylic acids is 1. The lowest BCUT2D eigenvalue weighted by Gasteiger charge is -2.27. The molecular formula is C13H20N4O4. The van der Waals surface area contributed by atoms with Crippen molar-refractivity contribution in [1.29, 1.82) is 0 Å². The molecule has 116 valence electrons. The van der Waals surface area contributed by atoms with Gasteiger partial charge in [0.25, 0.3) is 0 Å². The van der Waals surface area contributed by atoms with Crippen LogP contribution in [0, 0.1) is 6.92 Å². The lowest BCUT2D eigenvalue weighted by atomic mass is 10.2. The average Bonchev–Trinajstić information content (AvgIpc) is 3.07. The Labute approximate surface area is 122 Å². The first-order valence-electron chi connectivity index (χ1n) is 7.11. The Bertz CT molecular complexity index is 496. The Morgan fingerprint density at radius 3 is 2.71 bits per heavy atom. The normalized spacial score (nSPS) is 15.1. The number of carbonyl (C=O) groups is 2. The molecule has 0 aliphatic heterocycles. The van der Waals surface area contributed by atoms with Gasteiger partial charge in [-0.3, -0.25) is 4.79 Å². The van der Waals surface area contributed by atoms with E-state index in [9.17, 15) is 9.59 Å². The van der Waals surface area contributed by atoms with Crippen LogP contribution in [-0.2, 0) is 11.2 Å². The van der Waals surface area contributed by atoms with Crippen molar-refractivity contribution in [2.24, 2.45) is 0 Å². The van der Waals surface area contributed by atoms with Crippen molar-refractivity contribution >= 4 is 12.0 Å².